The Balaban J connectivity index is 1.24. The SMILES string of the molecule is N#CC1CCCN1C(=O)CNC12CC3CC(CC(C3)C1NS(=O)(=O)NCCc1ccc(F)cc1)C2. The molecular formula is C25H34FN5O3S. The van der Waals surface area contributed by atoms with Crippen molar-refractivity contribution in [2.24, 2.45) is 17.8 Å². The summed E-state index contributed by atoms with van der Waals surface area (Å²) in [6.07, 6.45) is 6.95. The molecule has 10 heteroatoms. The summed E-state index contributed by atoms with van der Waals surface area (Å²) in [7, 11) is -3.76. The number of likely N-dealkylation sites (tertiary alicyclic amines) is 1. The molecule has 1 aromatic rings. The second-order valence-electron chi connectivity index (χ2n) is 10.9. The third-order valence-electron chi connectivity index (χ3n) is 8.53. The Hall–Kier alpha value is -2.06. The highest BCUT2D eigenvalue weighted by Crippen LogP contribution is 2.55. The lowest BCUT2D eigenvalue weighted by atomic mass is 9.51. The van der Waals surface area contributed by atoms with Crippen LogP contribution in [0.15, 0.2) is 24.3 Å². The van der Waals surface area contributed by atoms with Gasteiger partial charge in [-0.05, 0) is 86.8 Å². The number of rotatable bonds is 9. The Morgan fingerprint density at radius 3 is 2.57 bits per heavy atom. The molecule has 0 aromatic heterocycles. The maximum absolute atomic E-state index is 13.1. The van der Waals surface area contributed by atoms with Gasteiger partial charge in [0.15, 0.2) is 0 Å². The van der Waals surface area contributed by atoms with E-state index in [1.165, 1.54) is 18.6 Å². The van der Waals surface area contributed by atoms with Crippen LogP contribution in [0.1, 0.15) is 50.5 Å². The molecule has 5 aliphatic rings. The number of nitrogens with zero attached hydrogens (tertiary/aromatic N) is 2. The Morgan fingerprint density at radius 1 is 1.17 bits per heavy atom. The fraction of sp³-hybridized carbons (Fsp3) is 0.680. The van der Waals surface area contributed by atoms with Crippen molar-refractivity contribution in [3.63, 3.8) is 0 Å². The molecular weight excluding hydrogens is 469 g/mol. The lowest BCUT2D eigenvalue weighted by Gasteiger charge is -2.61. The monoisotopic (exact) mass is 503 g/mol. The van der Waals surface area contributed by atoms with Crippen molar-refractivity contribution in [3.05, 3.63) is 35.6 Å². The molecule has 4 aliphatic carbocycles. The normalized spacial score (nSPS) is 33.7. The molecule has 1 aromatic carbocycles. The number of amides is 1. The van der Waals surface area contributed by atoms with E-state index in [2.05, 4.69) is 20.8 Å². The highest BCUT2D eigenvalue weighted by Gasteiger charge is 2.58. The molecule has 0 radical (unpaired) electrons. The number of nitrogens with one attached hydrogen (secondary N) is 3. The van der Waals surface area contributed by atoms with Crippen molar-refractivity contribution in [2.45, 2.75) is 69.0 Å². The molecule has 8 nitrogen and oxygen atoms in total. The van der Waals surface area contributed by atoms with Crippen LogP contribution < -0.4 is 14.8 Å². The van der Waals surface area contributed by atoms with Crippen LogP contribution in [0.3, 0.4) is 0 Å². The summed E-state index contributed by atoms with van der Waals surface area (Å²) in [6.45, 7) is 0.946. The number of carbonyl (C=O) groups excluding carboxylic acids is 1. The van der Waals surface area contributed by atoms with Gasteiger partial charge < -0.3 is 10.2 Å². The Kier molecular flexibility index (Phi) is 6.87. The van der Waals surface area contributed by atoms with Gasteiger partial charge in [-0.15, -0.1) is 0 Å². The van der Waals surface area contributed by atoms with Crippen LogP contribution in [0.4, 0.5) is 4.39 Å². The predicted octanol–water partition coefficient (Wildman–Crippen LogP) is 1.84. The molecule has 6 rings (SSSR count). The van der Waals surface area contributed by atoms with Gasteiger partial charge in [0.25, 0.3) is 10.2 Å². The number of hydrogen-bond donors (Lipinski definition) is 3. The number of halogens is 1. The maximum atomic E-state index is 13.1. The molecule has 4 saturated carbocycles. The van der Waals surface area contributed by atoms with Gasteiger partial charge in [0.2, 0.25) is 5.91 Å². The minimum absolute atomic E-state index is 0.0798. The molecule has 190 valence electrons. The molecule has 4 bridgehead atoms. The van der Waals surface area contributed by atoms with Gasteiger partial charge in [-0.25, -0.2) is 9.11 Å². The van der Waals surface area contributed by atoms with Crippen LogP contribution in [0, 0.1) is 34.9 Å². The molecule has 1 heterocycles. The van der Waals surface area contributed by atoms with Gasteiger partial charge in [-0.3, -0.25) is 4.79 Å². The fourth-order valence-corrected chi connectivity index (χ4v) is 8.45. The first-order valence-corrected chi connectivity index (χ1v) is 14.2. The first-order chi connectivity index (χ1) is 16.8. The van der Waals surface area contributed by atoms with E-state index in [0.29, 0.717) is 31.2 Å². The van der Waals surface area contributed by atoms with Crippen LogP contribution in [0.5, 0.6) is 0 Å². The van der Waals surface area contributed by atoms with Gasteiger partial charge in [0, 0.05) is 24.7 Å². The molecule has 0 spiro atoms. The summed E-state index contributed by atoms with van der Waals surface area (Å²) < 4.78 is 44.7. The van der Waals surface area contributed by atoms with Crippen molar-refractivity contribution in [2.75, 3.05) is 19.6 Å². The largest absolute Gasteiger partial charge is 0.326 e. The zero-order valence-corrected chi connectivity index (χ0v) is 20.7. The van der Waals surface area contributed by atoms with Crippen molar-refractivity contribution < 1.29 is 17.6 Å². The van der Waals surface area contributed by atoms with Gasteiger partial charge in [-0.2, -0.15) is 18.4 Å². The summed E-state index contributed by atoms with van der Waals surface area (Å²) in [5.74, 6) is 0.962. The zero-order chi connectivity index (χ0) is 24.6. The second kappa shape index (κ2) is 9.77. The van der Waals surface area contributed by atoms with Crippen LogP contribution in [0.2, 0.25) is 0 Å². The van der Waals surface area contributed by atoms with E-state index in [1.807, 2.05) is 0 Å². The summed E-state index contributed by atoms with van der Waals surface area (Å²) >= 11 is 0. The standard InChI is InChI=1S/C25H34FN5O3S/c26-21-5-3-17(4-6-21)7-8-29-35(33,34)30-24-20-11-18-10-19(12-20)14-25(24,13-18)28-16-23(32)31-9-1-2-22(31)15-27/h3-6,18-20,22,24,28-30H,1-2,7-14,16H2. The quantitative estimate of drug-likeness (QED) is 0.476. The Labute approximate surface area is 206 Å². The minimum atomic E-state index is -3.76. The summed E-state index contributed by atoms with van der Waals surface area (Å²) in [5, 5.41) is 12.9. The molecule has 4 unspecified atom stereocenters. The number of nitriles is 1. The number of benzene rings is 1. The molecule has 1 aliphatic heterocycles. The van der Waals surface area contributed by atoms with E-state index in [-0.39, 0.29) is 42.8 Å². The summed E-state index contributed by atoms with van der Waals surface area (Å²) in [4.78, 5) is 14.6. The van der Waals surface area contributed by atoms with Crippen molar-refractivity contribution in [1.29, 1.82) is 5.26 Å². The average Bonchev–Trinajstić information content (AvgIpc) is 3.30. The number of hydrogen-bond acceptors (Lipinski definition) is 5. The van der Waals surface area contributed by atoms with Crippen LogP contribution in [0.25, 0.3) is 0 Å². The average molecular weight is 504 g/mol. The first kappa shape index (κ1) is 24.6. The van der Waals surface area contributed by atoms with Crippen LogP contribution in [-0.4, -0.2) is 56.5 Å². The molecule has 4 atom stereocenters. The van der Waals surface area contributed by atoms with Crippen molar-refractivity contribution in [3.8, 4) is 6.07 Å². The summed E-state index contributed by atoms with van der Waals surface area (Å²) in [6, 6.07) is 7.63. The first-order valence-electron chi connectivity index (χ1n) is 12.7. The van der Waals surface area contributed by atoms with Gasteiger partial charge >= 0.3 is 0 Å². The second-order valence-corrected chi connectivity index (χ2v) is 12.4. The Bertz CT molecular complexity index is 1080. The molecule has 3 N–H and O–H groups in total. The smallest absolute Gasteiger partial charge is 0.277 e. The zero-order valence-electron chi connectivity index (χ0n) is 19.9. The lowest BCUT2D eigenvalue weighted by Crippen LogP contribution is -2.72. The molecule has 1 saturated heterocycles. The van der Waals surface area contributed by atoms with Crippen molar-refractivity contribution in [1.82, 2.24) is 19.7 Å². The summed E-state index contributed by atoms with van der Waals surface area (Å²) in [5.41, 5.74) is 0.413. The van der Waals surface area contributed by atoms with Crippen LogP contribution >= 0.6 is 0 Å². The van der Waals surface area contributed by atoms with E-state index < -0.39 is 15.7 Å². The number of carbonyl (C=O) groups is 1. The highest BCUT2D eigenvalue weighted by atomic mass is 32.2. The Morgan fingerprint density at radius 2 is 1.89 bits per heavy atom. The predicted molar refractivity (Wildman–Crippen MR) is 129 cm³/mol. The van der Waals surface area contributed by atoms with Crippen LogP contribution in [-0.2, 0) is 21.4 Å². The highest BCUT2D eigenvalue weighted by molar-refractivity contribution is 7.87. The fourth-order valence-electron chi connectivity index (χ4n) is 7.25. The molecule has 35 heavy (non-hydrogen) atoms. The third-order valence-corrected chi connectivity index (χ3v) is 9.67. The minimum Gasteiger partial charge on any atom is -0.326 e. The van der Waals surface area contributed by atoms with E-state index in [0.717, 1.165) is 37.7 Å². The van der Waals surface area contributed by atoms with E-state index >= 15 is 0 Å². The van der Waals surface area contributed by atoms with E-state index in [1.54, 1.807) is 17.0 Å². The molecule has 5 fully saturated rings. The van der Waals surface area contributed by atoms with Gasteiger partial charge in [-0.1, -0.05) is 12.1 Å². The molecule has 1 amide bonds. The topological polar surface area (TPSA) is 114 Å². The third kappa shape index (κ3) is 5.24. The van der Waals surface area contributed by atoms with Gasteiger partial charge in [0.05, 0.1) is 12.6 Å². The van der Waals surface area contributed by atoms with Crippen molar-refractivity contribution >= 4 is 16.1 Å². The van der Waals surface area contributed by atoms with E-state index in [9.17, 15) is 22.9 Å². The van der Waals surface area contributed by atoms with E-state index in [4.69, 9.17) is 0 Å². The van der Waals surface area contributed by atoms with Gasteiger partial charge in [0.1, 0.15) is 11.9 Å². The maximum Gasteiger partial charge on any atom is 0.277 e. The lowest BCUT2D eigenvalue weighted by molar-refractivity contribution is -0.131.